The second kappa shape index (κ2) is 4.63. The Kier molecular flexibility index (Phi) is 3.43. The molecule has 1 saturated heterocycles. The standard InChI is InChI=1S/C10H10Br2N2O/c11-7-1-6(2-8(12)3-7)10(15)14-9-4-13-5-9/h1-3,9,13H,4-5H2,(H,14,15). The summed E-state index contributed by atoms with van der Waals surface area (Å²) in [5.74, 6) is -0.0245. The molecule has 2 rings (SSSR count). The maximum atomic E-state index is 11.8. The Morgan fingerprint density at radius 2 is 1.87 bits per heavy atom. The fraction of sp³-hybridized carbons (Fsp3) is 0.300. The molecule has 1 fully saturated rings. The van der Waals surface area contributed by atoms with Gasteiger partial charge in [-0.15, -0.1) is 0 Å². The maximum Gasteiger partial charge on any atom is 0.251 e. The van der Waals surface area contributed by atoms with Gasteiger partial charge >= 0.3 is 0 Å². The van der Waals surface area contributed by atoms with Crippen LogP contribution in [0.5, 0.6) is 0 Å². The van der Waals surface area contributed by atoms with Gasteiger partial charge in [0.05, 0.1) is 6.04 Å². The molecule has 0 spiro atoms. The minimum Gasteiger partial charge on any atom is -0.347 e. The number of halogens is 2. The van der Waals surface area contributed by atoms with Crippen LogP contribution >= 0.6 is 31.9 Å². The van der Waals surface area contributed by atoms with Gasteiger partial charge in [-0.2, -0.15) is 0 Å². The van der Waals surface area contributed by atoms with E-state index in [1.807, 2.05) is 18.2 Å². The Morgan fingerprint density at radius 3 is 2.33 bits per heavy atom. The van der Waals surface area contributed by atoms with E-state index in [-0.39, 0.29) is 11.9 Å². The zero-order chi connectivity index (χ0) is 10.8. The largest absolute Gasteiger partial charge is 0.347 e. The summed E-state index contributed by atoms with van der Waals surface area (Å²) >= 11 is 6.71. The summed E-state index contributed by atoms with van der Waals surface area (Å²) in [6, 6.07) is 5.80. The third-order valence-electron chi connectivity index (χ3n) is 2.24. The first kappa shape index (κ1) is 11.1. The Balaban J connectivity index is 2.10. The Morgan fingerprint density at radius 1 is 1.27 bits per heavy atom. The molecule has 0 atom stereocenters. The van der Waals surface area contributed by atoms with Gasteiger partial charge in [-0.3, -0.25) is 4.79 Å². The lowest BCUT2D eigenvalue weighted by Crippen LogP contribution is -2.56. The highest BCUT2D eigenvalue weighted by Gasteiger charge is 2.19. The van der Waals surface area contributed by atoms with E-state index in [9.17, 15) is 4.79 Å². The summed E-state index contributed by atoms with van der Waals surface area (Å²) in [7, 11) is 0. The molecule has 1 aromatic carbocycles. The van der Waals surface area contributed by atoms with E-state index in [1.165, 1.54) is 0 Å². The number of hydrogen-bond donors (Lipinski definition) is 2. The molecule has 0 aliphatic carbocycles. The lowest BCUT2D eigenvalue weighted by Gasteiger charge is -2.27. The summed E-state index contributed by atoms with van der Waals surface area (Å²) in [6.45, 7) is 1.72. The number of carbonyl (C=O) groups is 1. The number of nitrogens with one attached hydrogen (secondary N) is 2. The normalized spacial score (nSPS) is 15.9. The molecule has 1 aromatic rings. The molecule has 1 heterocycles. The zero-order valence-electron chi connectivity index (χ0n) is 7.89. The molecule has 0 radical (unpaired) electrons. The predicted molar refractivity (Wildman–Crippen MR) is 66.0 cm³/mol. The Labute approximate surface area is 105 Å². The number of benzene rings is 1. The highest BCUT2D eigenvalue weighted by Crippen LogP contribution is 2.20. The van der Waals surface area contributed by atoms with Crippen LogP contribution in [0.4, 0.5) is 0 Å². The van der Waals surface area contributed by atoms with Crippen molar-refractivity contribution in [1.82, 2.24) is 10.6 Å². The average Bonchev–Trinajstić information content (AvgIpc) is 2.09. The Hall–Kier alpha value is -0.390. The van der Waals surface area contributed by atoms with Crippen molar-refractivity contribution in [2.24, 2.45) is 0 Å². The van der Waals surface area contributed by atoms with E-state index in [4.69, 9.17) is 0 Å². The van der Waals surface area contributed by atoms with Gasteiger partial charge in [-0.1, -0.05) is 31.9 Å². The third-order valence-corrected chi connectivity index (χ3v) is 3.16. The lowest BCUT2D eigenvalue weighted by atomic mass is 10.1. The second-order valence-electron chi connectivity index (χ2n) is 3.49. The van der Waals surface area contributed by atoms with E-state index in [1.54, 1.807) is 0 Å². The molecule has 3 nitrogen and oxygen atoms in total. The van der Waals surface area contributed by atoms with Crippen molar-refractivity contribution in [3.05, 3.63) is 32.7 Å². The fourth-order valence-corrected chi connectivity index (χ4v) is 2.64. The van der Waals surface area contributed by atoms with Gasteiger partial charge in [-0.25, -0.2) is 0 Å². The van der Waals surface area contributed by atoms with Gasteiger partial charge in [0.2, 0.25) is 0 Å². The second-order valence-corrected chi connectivity index (χ2v) is 5.32. The number of amides is 1. The van der Waals surface area contributed by atoms with Gasteiger partial charge in [0, 0.05) is 27.6 Å². The van der Waals surface area contributed by atoms with Crippen molar-refractivity contribution in [1.29, 1.82) is 0 Å². The van der Waals surface area contributed by atoms with Gasteiger partial charge in [0.15, 0.2) is 0 Å². The number of hydrogen-bond acceptors (Lipinski definition) is 2. The monoisotopic (exact) mass is 332 g/mol. The summed E-state index contributed by atoms with van der Waals surface area (Å²) < 4.78 is 1.79. The smallest absolute Gasteiger partial charge is 0.251 e. The van der Waals surface area contributed by atoms with Crippen molar-refractivity contribution in [2.45, 2.75) is 6.04 Å². The topological polar surface area (TPSA) is 41.1 Å². The number of carbonyl (C=O) groups excluding carboxylic acids is 1. The van der Waals surface area contributed by atoms with E-state index in [0.29, 0.717) is 5.56 Å². The van der Waals surface area contributed by atoms with Crippen LogP contribution in [0.2, 0.25) is 0 Å². The van der Waals surface area contributed by atoms with Crippen molar-refractivity contribution < 1.29 is 4.79 Å². The molecule has 0 aromatic heterocycles. The molecule has 15 heavy (non-hydrogen) atoms. The molecular weight excluding hydrogens is 324 g/mol. The summed E-state index contributed by atoms with van der Waals surface area (Å²) in [4.78, 5) is 11.8. The van der Waals surface area contributed by atoms with Crippen LogP contribution in [-0.2, 0) is 0 Å². The molecule has 0 bridgehead atoms. The van der Waals surface area contributed by atoms with Crippen molar-refractivity contribution in [2.75, 3.05) is 13.1 Å². The van der Waals surface area contributed by atoms with E-state index >= 15 is 0 Å². The molecule has 0 unspecified atom stereocenters. The number of rotatable bonds is 2. The Bertz CT molecular complexity index is 371. The minimum atomic E-state index is -0.0245. The first-order valence-corrected chi connectivity index (χ1v) is 6.21. The fourth-order valence-electron chi connectivity index (χ4n) is 1.34. The van der Waals surface area contributed by atoms with Gasteiger partial charge in [0.1, 0.15) is 0 Å². The average molecular weight is 334 g/mol. The minimum absolute atomic E-state index is 0.0245. The molecule has 2 N–H and O–H groups in total. The molecule has 80 valence electrons. The SMILES string of the molecule is O=C(NC1CNC1)c1cc(Br)cc(Br)c1. The predicted octanol–water partition coefficient (Wildman–Crippen LogP) is 1.91. The van der Waals surface area contributed by atoms with Crippen LogP contribution in [0.15, 0.2) is 27.1 Å². The molecule has 0 saturated carbocycles. The first-order chi connectivity index (χ1) is 7.15. The van der Waals surface area contributed by atoms with Crippen LogP contribution in [0.3, 0.4) is 0 Å². The van der Waals surface area contributed by atoms with Gasteiger partial charge in [0.25, 0.3) is 5.91 Å². The molecular formula is C10H10Br2N2O. The quantitative estimate of drug-likeness (QED) is 0.868. The maximum absolute atomic E-state index is 11.8. The molecule has 1 amide bonds. The van der Waals surface area contributed by atoms with Crippen LogP contribution in [0.25, 0.3) is 0 Å². The zero-order valence-corrected chi connectivity index (χ0v) is 11.1. The summed E-state index contributed by atoms with van der Waals surface area (Å²) in [5.41, 5.74) is 0.670. The van der Waals surface area contributed by atoms with Crippen molar-refractivity contribution >= 4 is 37.8 Å². The highest BCUT2D eigenvalue weighted by molar-refractivity contribution is 9.11. The van der Waals surface area contributed by atoms with Gasteiger partial charge < -0.3 is 10.6 Å². The summed E-state index contributed by atoms with van der Waals surface area (Å²) in [5, 5.41) is 6.05. The van der Waals surface area contributed by atoms with Crippen LogP contribution < -0.4 is 10.6 Å². The summed E-state index contributed by atoms with van der Waals surface area (Å²) in [6.07, 6.45) is 0. The first-order valence-electron chi connectivity index (χ1n) is 4.63. The van der Waals surface area contributed by atoms with Crippen LogP contribution in [-0.4, -0.2) is 25.0 Å². The highest BCUT2D eigenvalue weighted by atomic mass is 79.9. The third kappa shape index (κ3) is 2.80. The lowest BCUT2D eigenvalue weighted by molar-refractivity contribution is 0.0924. The van der Waals surface area contributed by atoms with Crippen molar-refractivity contribution in [3.8, 4) is 0 Å². The van der Waals surface area contributed by atoms with Gasteiger partial charge in [-0.05, 0) is 18.2 Å². The van der Waals surface area contributed by atoms with Crippen LogP contribution in [0, 0.1) is 0 Å². The molecule has 1 aliphatic rings. The molecule has 5 heteroatoms. The van der Waals surface area contributed by atoms with Crippen molar-refractivity contribution in [3.63, 3.8) is 0 Å². The molecule has 1 aliphatic heterocycles. The van der Waals surface area contributed by atoms with E-state index in [0.717, 1.165) is 22.0 Å². The van der Waals surface area contributed by atoms with E-state index < -0.39 is 0 Å². The van der Waals surface area contributed by atoms with Crippen LogP contribution in [0.1, 0.15) is 10.4 Å². The van der Waals surface area contributed by atoms with E-state index in [2.05, 4.69) is 42.5 Å².